The zero-order chi connectivity index (χ0) is 24.4. The number of hydrogen-bond acceptors (Lipinski definition) is 3. The zero-order valence-electron chi connectivity index (χ0n) is 19.9. The number of nitrogens with zero attached hydrogens (tertiary/aromatic N) is 3. The van der Waals surface area contributed by atoms with Crippen molar-refractivity contribution in [2.75, 3.05) is 0 Å². The topological polar surface area (TPSA) is 67.2 Å². The van der Waals surface area contributed by atoms with Gasteiger partial charge in [-0.25, -0.2) is 0 Å². The summed E-state index contributed by atoms with van der Waals surface area (Å²) < 4.78 is 1.68. The van der Waals surface area contributed by atoms with Crippen molar-refractivity contribution in [3.05, 3.63) is 113 Å². The molecule has 6 nitrogen and oxygen atoms in total. The molecule has 6 heteroatoms. The van der Waals surface area contributed by atoms with Crippen LogP contribution in [-0.4, -0.2) is 32.0 Å². The molecule has 3 aromatic carbocycles. The number of hydrogen-bond donors (Lipinski definition) is 1. The molecule has 2 heterocycles. The first-order chi connectivity index (χ1) is 16.9. The molecule has 0 spiro atoms. The van der Waals surface area contributed by atoms with E-state index in [1.165, 1.54) is 0 Å². The lowest BCUT2D eigenvalue weighted by Crippen LogP contribution is -2.63. The summed E-state index contributed by atoms with van der Waals surface area (Å²) in [6.45, 7) is 4.85. The molecule has 1 aliphatic rings. The Kier molecular flexibility index (Phi) is 5.95. The second-order valence-corrected chi connectivity index (χ2v) is 9.26. The number of fused-ring (bicyclic) bond motifs is 1. The molecule has 1 N–H and O–H groups in total. The molecular formula is C29H28N4O2. The first-order valence-electron chi connectivity index (χ1n) is 11.8. The molecule has 0 aliphatic carbocycles. The van der Waals surface area contributed by atoms with E-state index in [1.54, 1.807) is 9.58 Å². The van der Waals surface area contributed by atoms with Gasteiger partial charge in [-0.2, -0.15) is 5.10 Å². The number of amides is 2. The summed E-state index contributed by atoms with van der Waals surface area (Å²) in [6.07, 6.45) is 0. The third kappa shape index (κ3) is 4.47. The van der Waals surface area contributed by atoms with Crippen molar-refractivity contribution in [3.63, 3.8) is 0 Å². The standard InChI is InChI=1S/C29H28N4O2/c1-21-13-15-23(16-14-21)19-32-27(34)26-17-25(24-11-7-4-8-12-24)31-33(26)20-29(32,2)28(35)30-18-22-9-5-3-6-10-22/h3-17H,18-20H2,1-2H3,(H,30,35)/t29-/m1/s1. The molecular weight excluding hydrogens is 436 g/mol. The first-order valence-corrected chi connectivity index (χ1v) is 11.8. The molecule has 0 saturated heterocycles. The Morgan fingerprint density at radius 2 is 1.60 bits per heavy atom. The summed E-state index contributed by atoms with van der Waals surface area (Å²) in [5.74, 6) is -0.409. The predicted molar refractivity (Wildman–Crippen MR) is 135 cm³/mol. The van der Waals surface area contributed by atoms with Gasteiger partial charge >= 0.3 is 0 Å². The molecule has 2 amide bonds. The monoisotopic (exact) mass is 464 g/mol. The largest absolute Gasteiger partial charge is 0.350 e. The maximum absolute atomic E-state index is 13.8. The van der Waals surface area contributed by atoms with Crippen molar-refractivity contribution in [3.8, 4) is 11.3 Å². The molecule has 176 valence electrons. The van der Waals surface area contributed by atoms with E-state index in [0.717, 1.165) is 27.9 Å². The van der Waals surface area contributed by atoms with Gasteiger partial charge in [0.1, 0.15) is 11.2 Å². The maximum atomic E-state index is 13.8. The average molecular weight is 465 g/mol. The van der Waals surface area contributed by atoms with Gasteiger partial charge < -0.3 is 10.2 Å². The minimum atomic E-state index is -1.11. The summed E-state index contributed by atoms with van der Waals surface area (Å²) >= 11 is 0. The van der Waals surface area contributed by atoms with E-state index in [9.17, 15) is 9.59 Å². The summed E-state index contributed by atoms with van der Waals surface area (Å²) in [7, 11) is 0. The molecule has 1 aliphatic heterocycles. The van der Waals surface area contributed by atoms with Crippen molar-refractivity contribution < 1.29 is 9.59 Å². The Bertz CT molecular complexity index is 1350. The van der Waals surface area contributed by atoms with E-state index in [-0.39, 0.29) is 18.4 Å². The molecule has 0 bridgehead atoms. The van der Waals surface area contributed by atoms with Gasteiger partial charge in [0.25, 0.3) is 5.91 Å². The lowest BCUT2D eigenvalue weighted by Gasteiger charge is -2.43. The van der Waals surface area contributed by atoms with E-state index in [1.807, 2.05) is 105 Å². The first kappa shape index (κ1) is 22.6. The van der Waals surface area contributed by atoms with E-state index >= 15 is 0 Å². The normalized spacial score (nSPS) is 17.2. The Labute approximate surface area is 205 Å². The predicted octanol–water partition coefficient (Wildman–Crippen LogP) is 4.59. The Hall–Kier alpha value is -4.19. The van der Waals surface area contributed by atoms with Crippen molar-refractivity contribution in [1.82, 2.24) is 20.0 Å². The van der Waals surface area contributed by atoms with Gasteiger partial charge in [-0.05, 0) is 31.0 Å². The highest BCUT2D eigenvalue weighted by molar-refractivity contribution is 6.00. The zero-order valence-corrected chi connectivity index (χ0v) is 19.9. The number of carbonyl (C=O) groups is 2. The fraction of sp³-hybridized carbons (Fsp3) is 0.207. The van der Waals surface area contributed by atoms with Crippen LogP contribution in [-0.2, 0) is 24.4 Å². The van der Waals surface area contributed by atoms with Gasteiger partial charge in [-0.15, -0.1) is 0 Å². The van der Waals surface area contributed by atoms with Crippen molar-refractivity contribution >= 4 is 11.8 Å². The minimum Gasteiger partial charge on any atom is -0.350 e. The quantitative estimate of drug-likeness (QED) is 0.454. The second-order valence-electron chi connectivity index (χ2n) is 9.26. The second kappa shape index (κ2) is 9.22. The fourth-order valence-electron chi connectivity index (χ4n) is 4.48. The molecule has 0 radical (unpaired) electrons. The van der Waals surface area contributed by atoms with Gasteiger partial charge in [0.2, 0.25) is 5.91 Å². The SMILES string of the molecule is Cc1ccc(CN2C(=O)c3cc(-c4ccccc4)nn3C[C@]2(C)C(=O)NCc2ccccc2)cc1. The van der Waals surface area contributed by atoms with Crippen LogP contribution < -0.4 is 5.32 Å². The van der Waals surface area contributed by atoms with Crippen LogP contribution in [0.4, 0.5) is 0 Å². The van der Waals surface area contributed by atoms with Crippen LogP contribution in [0.15, 0.2) is 91.0 Å². The van der Waals surface area contributed by atoms with Crippen LogP contribution in [0.5, 0.6) is 0 Å². The number of carbonyl (C=O) groups excluding carboxylic acids is 2. The van der Waals surface area contributed by atoms with Crippen LogP contribution >= 0.6 is 0 Å². The van der Waals surface area contributed by atoms with Gasteiger partial charge in [0, 0.05) is 18.7 Å². The molecule has 35 heavy (non-hydrogen) atoms. The molecule has 0 saturated carbocycles. The van der Waals surface area contributed by atoms with E-state index in [0.29, 0.717) is 18.8 Å². The van der Waals surface area contributed by atoms with Gasteiger partial charge in [-0.1, -0.05) is 90.5 Å². The number of benzene rings is 3. The molecule has 1 aromatic heterocycles. The minimum absolute atomic E-state index is 0.204. The van der Waals surface area contributed by atoms with E-state index in [2.05, 4.69) is 5.32 Å². The Balaban J connectivity index is 1.49. The molecule has 4 aromatic rings. The van der Waals surface area contributed by atoms with Crippen molar-refractivity contribution in [2.24, 2.45) is 0 Å². The Morgan fingerprint density at radius 3 is 2.29 bits per heavy atom. The smallest absolute Gasteiger partial charge is 0.273 e. The van der Waals surface area contributed by atoms with E-state index in [4.69, 9.17) is 5.10 Å². The van der Waals surface area contributed by atoms with Crippen LogP contribution in [0.25, 0.3) is 11.3 Å². The lowest BCUT2D eigenvalue weighted by atomic mass is 9.93. The van der Waals surface area contributed by atoms with Crippen LogP contribution in [0.2, 0.25) is 0 Å². The van der Waals surface area contributed by atoms with E-state index < -0.39 is 5.54 Å². The highest BCUT2D eigenvalue weighted by Gasteiger charge is 2.47. The highest BCUT2D eigenvalue weighted by Crippen LogP contribution is 2.31. The summed E-state index contributed by atoms with van der Waals surface area (Å²) in [4.78, 5) is 29.1. The molecule has 0 fully saturated rings. The summed E-state index contributed by atoms with van der Waals surface area (Å²) in [5, 5.41) is 7.76. The van der Waals surface area contributed by atoms with Gasteiger partial charge in [0.15, 0.2) is 0 Å². The van der Waals surface area contributed by atoms with Gasteiger partial charge in [0.05, 0.1) is 12.2 Å². The van der Waals surface area contributed by atoms with Crippen LogP contribution in [0.3, 0.4) is 0 Å². The molecule has 1 atom stereocenters. The number of aromatic nitrogens is 2. The third-order valence-corrected chi connectivity index (χ3v) is 6.61. The molecule has 0 unspecified atom stereocenters. The number of nitrogens with one attached hydrogen (secondary N) is 1. The highest BCUT2D eigenvalue weighted by atomic mass is 16.2. The molecule has 5 rings (SSSR count). The lowest BCUT2D eigenvalue weighted by molar-refractivity contribution is -0.133. The number of rotatable bonds is 6. The number of aryl methyl sites for hydroxylation is 1. The van der Waals surface area contributed by atoms with Gasteiger partial charge in [-0.3, -0.25) is 14.3 Å². The van der Waals surface area contributed by atoms with Crippen molar-refractivity contribution in [1.29, 1.82) is 0 Å². The fourth-order valence-corrected chi connectivity index (χ4v) is 4.48. The maximum Gasteiger partial charge on any atom is 0.273 e. The third-order valence-electron chi connectivity index (χ3n) is 6.61. The van der Waals surface area contributed by atoms with Crippen LogP contribution in [0, 0.1) is 6.92 Å². The average Bonchev–Trinajstić information content (AvgIpc) is 3.31. The Morgan fingerprint density at radius 1 is 0.943 bits per heavy atom. The summed E-state index contributed by atoms with van der Waals surface area (Å²) in [6, 6.07) is 29.4. The van der Waals surface area contributed by atoms with Crippen molar-refractivity contribution in [2.45, 2.75) is 39.0 Å². The summed E-state index contributed by atoms with van der Waals surface area (Å²) in [5.41, 5.74) is 4.16. The van der Waals surface area contributed by atoms with Crippen LogP contribution in [0.1, 0.15) is 34.1 Å².